The first kappa shape index (κ1) is 27.5. The zero-order chi connectivity index (χ0) is 25.9. The average Bonchev–Trinajstić information content (AvgIpc) is 2.83. The molecular formula is C25H31Cl3N4O3S. The molecule has 0 spiro atoms. The maximum Gasteiger partial charge on any atom is 0.321 e. The molecule has 196 valence electrons. The molecule has 2 aromatic carbocycles. The summed E-state index contributed by atoms with van der Waals surface area (Å²) < 4.78 is 23.5. The predicted octanol–water partition coefficient (Wildman–Crippen LogP) is 5.11. The average molecular weight is 574 g/mol. The van der Waals surface area contributed by atoms with Gasteiger partial charge in [0.2, 0.25) is 0 Å². The van der Waals surface area contributed by atoms with Gasteiger partial charge in [-0.15, -0.1) is 0 Å². The summed E-state index contributed by atoms with van der Waals surface area (Å²) in [6.45, 7) is 6.71. The molecule has 1 N–H and O–H groups in total. The van der Waals surface area contributed by atoms with E-state index < -0.39 is 9.84 Å². The lowest BCUT2D eigenvalue weighted by Gasteiger charge is -2.39. The van der Waals surface area contributed by atoms with Crippen molar-refractivity contribution in [2.75, 3.05) is 57.4 Å². The van der Waals surface area contributed by atoms with Crippen LogP contribution < -0.4 is 5.32 Å². The largest absolute Gasteiger partial charge is 0.322 e. The molecule has 11 heteroatoms. The fraction of sp³-hybridized carbons (Fsp3) is 0.480. The van der Waals surface area contributed by atoms with E-state index in [1.807, 2.05) is 11.0 Å². The van der Waals surface area contributed by atoms with Crippen molar-refractivity contribution in [3.8, 4) is 0 Å². The van der Waals surface area contributed by atoms with Gasteiger partial charge in [-0.3, -0.25) is 9.80 Å². The maximum absolute atomic E-state index is 12.6. The Morgan fingerprint density at radius 2 is 1.69 bits per heavy atom. The van der Waals surface area contributed by atoms with Crippen molar-refractivity contribution in [3.63, 3.8) is 0 Å². The summed E-state index contributed by atoms with van der Waals surface area (Å²) in [5, 5.41) is 4.26. The third-order valence-electron chi connectivity index (χ3n) is 6.80. The topological polar surface area (TPSA) is 73.0 Å². The number of piperazine rings is 1. The molecule has 0 aromatic heterocycles. The molecule has 0 radical (unpaired) electrons. The van der Waals surface area contributed by atoms with E-state index in [0.29, 0.717) is 46.3 Å². The second-order valence-corrected chi connectivity index (χ2v) is 12.9. The highest BCUT2D eigenvalue weighted by molar-refractivity contribution is 7.90. The first-order valence-electron chi connectivity index (χ1n) is 12.0. The van der Waals surface area contributed by atoms with E-state index in [1.165, 1.54) is 12.7 Å². The van der Waals surface area contributed by atoms with E-state index in [2.05, 4.69) is 15.1 Å². The number of hydrogen-bond acceptors (Lipinski definition) is 5. The Morgan fingerprint density at radius 3 is 2.36 bits per heavy atom. The van der Waals surface area contributed by atoms with Crippen LogP contribution in [-0.4, -0.2) is 81.2 Å². The number of amides is 2. The summed E-state index contributed by atoms with van der Waals surface area (Å²) in [4.78, 5) is 19.6. The standard InChI is InChI=1S/C25H31Cl3N4O3S/c1-36(34,35)21-6-4-19(23(27)14-21)17-31-8-2-3-18(16-31)15-30-9-11-32(12-10-30)25(33)29-20-5-7-22(26)24(28)13-20/h4-7,13-14,18H,2-3,8-12,15-17H2,1H3,(H,29,33)/t18-/m0/s1. The van der Waals surface area contributed by atoms with Crippen molar-refractivity contribution >= 4 is 56.4 Å². The van der Waals surface area contributed by atoms with E-state index in [1.54, 1.807) is 30.3 Å². The SMILES string of the molecule is CS(=O)(=O)c1ccc(CN2CCC[C@@H](CN3CCN(C(=O)Nc4ccc(Cl)c(Cl)c4)CC3)C2)c(Cl)c1. The van der Waals surface area contributed by atoms with Crippen molar-refractivity contribution in [1.82, 2.24) is 14.7 Å². The lowest BCUT2D eigenvalue weighted by Crippen LogP contribution is -2.52. The second-order valence-electron chi connectivity index (χ2n) is 9.62. The van der Waals surface area contributed by atoms with E-state index in [0.717, 1.165) is 44.7 Å². The number of nitrogens with one attached hydrogen (secondary N) is 1. The van der Waals surface area contributed by atoms with Crippen molar-refractivity contribution in [2.24, 2.45) is 5.92 Å². The number of carbonyl (C=O) groups is 1. The highest BCUT2D eigenvalue weighted by Crippen LogP contribution is 2.27. The van der Waals surface area contributed by atoms with Gasteiger partial charge in [-0.05, 0) is 61.2 Å². The molecule has 0 unspecified atom stereocenters. The fourth-order valence-electron chi connectivity index (χ4n) is 4.85. The van der Waals surface area contributed by atoms with Gasteiger partial charge in [0, 0.05) is 62.8 Å². The van der Waals surface area contributed by atoms with Gasteiger partial charge in [-0.2, -0.15) is 0 Å². The second kappa shape index (κ2) is 11.9. The zero-order valence-electron chi connectivity index (χ0n) is 20.2. The van der Waals surface area contributed by atoms with Gasteiger partial charge in [0.25, 0.3) is 0 Å². The monoisotopic (exact) mass is 572 g/mol. The van der Waals surface area contributed by atoms with Crippen LogP contribution in [0.1, 0.15) is 18.4 Å². The van der Waals surface area contributed by atoms with Crippen molar-refractivity contribution in [3.05, 3.63) is 57.0 Å². The van der Waals surface area contributed by atoms with E-state index >= 15 is 0 Å². The Hall–Kier alpha value is -1.55. The number of halogens is 3. The minimum absolute atomic E-state index is 0.129. The molecule has 4 rings (SSSR count). The smallest absolute Gasteiger partial charge is 0.321 e. The lowest BCUT2D eigenvalue weighted by atomic mass is 9.96. The molecule has 0 aliphatic carbocycles. The summed E-state index contributed by atoms with van der Waals surface area (Å²) in [6.07, 6.45) is 3.49. The fourth-order valence-corrected chi connectivity index (χ4v) is 6.10. The molecule has 2 amide bonds. The minimum atomic E-state index is -3.27. The Labute approximate surface area is 228 Å². The van der Waals surface area contributed by atoms with Gasteiger partial charge in [0.15, 0.2) is 9.84 Å². The van der Waals surface area contributed by atoms with Gasteiger partial charge in [-0.25, -0.2) is 13.2 Å². The Morgan fingerprint density at radius 1 is 0.944 bits per heavy atom. The van der Waals surface area contributed by atoms with Crippen molar-refractivity contribution in [1.29, 1.82) is 0 Å². The van der Waals surface area contributed by atoms with Crippen LogP contribution >= 0.6 is 34.8 Å². The van der Waals surface area contributed by atoms with E-state index in [9.17, 15) is 13.2 Å². The van der Waals surface area contributed by atoms with Crippen LogP contribution in [0.3, 0.4) is 0 Å². The maximum atomic E-state index is 12.6. The Kier molecular flexibility index (Phi) is 9.07. The van der Waals surface area contributed by atoms with Gasteiger partial charge in [0.05, 0.1) is 14.9 Å². The van der Waals surface area contributed by atoms with Crippen molar-refractivity contribution in [2.45, 2.75) is 24.3 Å². The van der Waals surface area contributed by atoms with Gasteiger partial charge in [-0.1, -0.05) is 40.9 Å². The van der Waals surface area contributed by atoms with Crippen molar-refractivity contribution < 1.29 is 13.2 Å². The molecule has 7 nitrogen and oxygen atoms in total. The molecular weight excluding hydrogens is 543 g/mol. The summed E-state index contributed by atoms with van der Waals surface area (Å²) in [5.74, 6) is 0.546. The molecule has 2 heterocycles. The highest BCUT2D eigenvalue weighted by Gasteiger charge is 2.26. The lowest BCUT2D eigenvalue weighted by molar-refractivity contribution is 0.0984. The van der Waals surface area contributed by atoms with Crippen LogP contribution in [0.4, 0.5) is 10.5 Å². The molecule has 0 bridgehead atoms. The minimum Gasteiger partial charge on any atom is -0.322 e. The number of nitrogens with zero attached hydrogens (tertiary/aromatic N) is 3. The van der Waals surface area contributed by atoms with E-state index in [-0.39, 0.29) is 10.9 Å². The number of piperidine rings is 1. The number of benzene rings is 2. The third kappa shape index (κ3) is 7.27. The van der Waals surface area contributed by atoms with Gasteiger partial charge < -0.3 is 10.2 Å². The Balaban J connectivity index is 1.24. The normalized spacial score (nSPS) is 19.9. The number of carbonyl (C=O) groups excluding carboxylic acids is 1. The molecule has 36 heavy (non-hydrogen) atoms. The molecule has 2 fully saturated rings. The quantitative estimate of drug-likeness (QED) is 0.520. The molecule has 2 aliphatic heterocycles. The molecule has 2 aliphatic rings. The number of urea groups is 1. The Bertz CT molecular complexity index is 1200. The zero-order valence-corrected chi connectivity index (χ0v) is 23.3. The molecule has 2 saturated heterocycles. The number of likely N-dealkylation sites (tertiary alicyclic amines) is 1. The molecule has 0 saturated carbocycles. The van der Waals surface area contributed by atoms with Crippen LogP contribution in [0.25, 0.3) is 0 Å². The van der Waals surface area contributed by atoms with Gasteiger partial charge >= 0.3 is 6.03 Å². The van der Waals surface area contributed by atoms with E-state index in [4.69, 9.17) is 34.8 Å². The van der Waals surface area contributed by atoms with Crippen LogP contribution in [0.15, 0.2) is 41.3 Å². The summed E-state index contributed by atoms with van der Waals surface area (Å²) in [7, 11) is -3.27. The number of hydrogen-bond donors (Lipinski definition) is 1. The highest BCUT2D eigenvalue weighted by atomic mass is 35.5. The van der Waals surface area contributed by atoms with Crippen LogP contribution in [0, 0.1) is 5.92 Å². The number of rotatable bonds is 6. The van der Waals surface area contributed by atoms with Crippen LogP contribution in [0.2, 0.25) is 15.1 Å². The molecule has 2 aromatic rings. The first-order chi connectivity index (χ1) is 17.1. The third-order valence-corrected chi connectivity index (χ3v) is 9.00. The van der Waals surface area contributed by atoms with Crippen LogP contribution in [-0.2, 0) is 16.4 Å². The molecule has 1 atom stereocenters. The summed E-state index contributed by atoms with van der Waals surface area (Å²) >= 11 is 18.4. The summed E-state index contributed by atoms with van der Waals surface area (Å²) in [6, 6.07) is 9.94. The first-order valence-corrected chi connectivity index (χ1v) is 15.0. The number of anilines is 1. The summed E-state index contributed by atoms with van der Waals surface area (Å²) in [5.41, 5.74) is 1.58. The van der Waals surface area contributed by atoms with Gasteiger partial charge in [0.1, 0.15) is 0 Å². The van der Waals surface area contributed by atoms with Crippen LogP contribution in [0.5, 0.6) is 0 Å². The predicted molar refractivity (Wildman–Crippen MR) is 146 cm³/mol. The number of sulfone groups is 1.